The van der Waals surface area contributed by atoms with Crippen LogP contribution in [-0.4, -0.2) is 26.5 Å². The SMILES string of the molecule is C=C/C=C(\C(=C)F)c1ccc2[nH]c(C3CCC(NSNC(C)(C)C)CC3)nc2n1. The van der Waals surface area contributed by atoms with Gasteiger partial charge in [-0.1, -0.05) is 25.3 Å². The Bertz CT molecular complexity index is 904. The molecule has 1 aliphatic carbocycles. The summed E-state index contributed by atoms with van der Waals surface area (Å²) in [6, 6.07) is 4.18. The quantitative estimate of drug-likeness (QED) is 0.407. The molecule has 7 heteroatoms. The summed E-state index contributed by atoms with van der Waals surface area (Å²) in [5, 5.41) is 0. The molecule has 2 aromatic rings. The molecule has 3 N–H and O–H groups in total. The third-order valence-electron chi connectivity index (χ3n) is 4.91. The molecular weight excluding hydrogens is 385 g/mol. The summed E-state index contributed by atoms with van der Waals surface area (Å²) < 4.78 is 20.7. The van der Waals surface area contributed by atoms with E-state index in [1.165, 1.54) is 6.08 Å². The first-order chi connectivity index (χ1) is 13.8. The molecule has 5 nitrogen and oxygen atoms in total. The molecule has 0 unspecified atom stereocenters. The predicted molar refractivity (Wildman–Crippen MR) is 121 cm³/mol. The second-order valence-corrected chi connectivity index (χ2v) is 9.18. The lowest BCUT2D eigenvalue weighted by Crippen LogP contribution is -2.36. The first-order valence-electron chi connectivity index (χ1n) is 10.00. The van der Waals surface area contributed by atoms with Gasteiger partial charge in [0.15, 0.2) is 5.65 Å². The van der Waals surface area contributed by atoms with Gasteiger partial charge in [0.05, 0.1) is 11.2 Å². The van der Waals surface area contributed by atoms with Gasteiger partial charge in [-0.3, -0.25) is 0 Å². The van der Waals surface area contributed by atoms with Crippen molar-refractivity contribution in [3.8, 4) is 0 Å². The smallest absolute Gasteiger partial charge is 0.178 e. The molecule has 1 fully saturated rings. The van der Waals surface area contributed by atoms with Crippen molar-refractivity contribution >= 4 is 28.9 Å². The minimum absolute atomic E-state index is 0.0875. The van der Waals surface area contributed by atoms with Crippen LogP contribution in [0.1, 0.15) is 63.9 Å². The van der Waals surface area contributed by atoms with E-state index >= 15 is 0 Å². The molecule has 2 aromatic heterocycles. The molecule has 29 heavy (non-hydrogen) atoms. The van der Waals surface area contributed by atoms with Gasteiger partial charge in [-0.05, 0) is 58.6 Å². The Hall–Kier alpha value is -1.96. The van der Waals surface area contributed by atoms with Crippen LogP contribution in [0.5, 0.6) is 0 Å². The molecule has 1 saturated carbocycles. The van der Waals surface area contributed by atoms with Crippen molar-refractivity contribution in [3.05, 3.63) is 54.8 Å². The molecule has 3 rings (SSSR count). The Balaban J connectivity index is 1.65. The summed E-state index contributed by atoms with van der Waals surface area (Å²) in [5.41, 5.74) is 2.42. The number of imidazole rings is 1. The zero-order valence-electron chi connectivity index (χ0n) is 17.4. The first-order valence-corrected chi connectivity index (χ1v) is 10.8. The molecule has 156 valence electrons. The topological polar surface area (TPSA) is 65.6 Å². The van der Waals surface area contributed by atoms with Crippen LogP contribution in [0.2, 0.25) is 0 Å². The molecule has 0 saturated heterocycles. The van der Waals surface area contributed by atoms with E-state index in [1.807, 2.05) is 6.07 Å². The van der Waals surface area contributed by atoms with E-state index in [2.05, 4.69) is 53.3 Å². The summed E-state index contributed by atoms with van der Waals surface area (Å²) in [4.78, 5) is 12.6. The standard InChI is InChI=1S/C22H30FN5S/c1-6-7-17(14(2)23)18-12-13-19-21(24-18)26-20(25-19)15-8-10-16(11-9-15)27-29-28-22(3,4)5/h6-7,12-13,15-16,27-28H,1-2,8-11H2,3-5H3,(H,24,25,26)/b17-7+. The van der Waals surface area contributed by atoms with Crippen molar-refractivity contribution in [2.75, 3.05) is 0 Å². The zero-order valence-corrected chi connectivity index (χ0v) is 18.2. The van der Waals surface area contributed by atoms with Crippen molar-refractivity contribution in [2.24, 2.45) is 0 Å². The number of allylic oxidation sites excluding steroid dienone is 4. The van der Waals surface area contributed by atoms with Gasteiger partial charge >= 0.3 is 0 Å². The number of pyridine rings is 1. The molecular formula is C22H30FN5S. The molecule has 1 aliphatic rings. The van der Waals surface area contributed by atoms with Gasteiger partial charge in [0, 0.05) is 35.2 Å². The highest BCUT2D eigenvalue weighted by Gasteiger charge is 2.25. The van der Waals surface area contributed by atoms with Crippen molar-refractivity contribution in [3.63, 3.8) is 0 Å². The molecule has 0 bridgehead atoms. The minimum Gasteiger partial charge on any atom is -0.340 e. The molecule has 0 amide bonds. The Morgan fingerprint density at radius 1 is 1.24 bits per heavy atom. The number of aromatic nitrogens is 3. The molecule has 0 aliphatic heterocycles. The highest BCUT2D eigenvalue weighted by atomic mass is 32.2. The van der Waals surface area contributed by atoms with E-state index < -0.39 is 5.83 Å². The predicted octanol–water partition coefficient (Wildman–Crippen LogP) is 5.58. The summed E-state index contributed by atoms with van der Waals surface area (Å²) in [6.45, 7) is 13.5. The fourth-order valence-corrected chi connectivity index (χ4v) is 4.21. The van der Waals surface area contributed by atoms with Gasteiger partial charge in [-0.15, -0.1) is 0 Å². The second kappa shape index (κ2) is 9.24. The maximum atomic E-state index is 13.7. The van der Waals surface area contributed by atoms with Crippen LogP contribution in [0.4, 0.5) is 4.39 Å². The van der Waals surface area contributed by atoms with Crippen LogP contribution in [-0.2, 0) is 0 Å². The number of fused-ring (bicyclic) bond motifs is 1. The monoisotopic (exact) mass is 415 g/mol. The number of halogens is 1. The van der Waals surface area contributed by atoms with E-state index in [0.717, 1.165) is 37.0 Å². The lowest BCUT2D eigenvalue weighted by molar-refractivity contribution is 0.372. The average molecular weight is 416 g/mol. The third-order valence-corrected chi connectivity index (χ3v) is 6.08. The van der Waals surface area contributed by atoms with Crippen LogP contribution in [0, 0.1) is 0 Å². The molecule has 2 heterocycles. The Morgan fingerprint density at radius 2 is 1.97 bits per heavy atom. The summed E-state index contributed by atoms with van der Waals surface area (Å²) in [6.07, 6.45) is 7.46. The Kier molecular flexibility index (Phi) is 6.93. The largest absolute Gasteiger partial charge is 0.340 e. The normalized spacial score (nSPS) is 20.8. The number of nitrogens with zero attached hydrogens (tertiary/aromatic N) is 2. The number of H-pyrrole nitrogens is 1. The Labute approximate surface area is 176 Å². The maximum Gasteiger partial charge on any atom is 0.178 e. The van der Waals surface area contributed by atoms with Gasteiger partial charge < -0.3 is 4.98 Å². The van der Waals surface area contributed by atoms with Gasteiger partial charge in [0.2, 0.25) is 0 Å². The molecule has 0 aromatic carbocycles. The maximum absolute atomic E-state index is 13.7. The Morgan fingerprint density at radius 3 is 2.59 bits per heavy atom. The zero-order chi connectivity index (χ0) is 21.0. The minimum atomic E-state index is -0.530. The van der Waals surface area contributed by atoms with Gasteiger partial charge in [0.1, 0.15) is 11.7 Å². The van der Waals surface area contributed by atoms with Crippen LogP contribution in [0.25, 0.3) is 16.7 Å². The highest BCUT2D eigenvalue weighted by Crippen LogP contribution is 2.33. The van der Waals surface area contributed by atoms with Crippen LogP contribution in [0.3, 0.4) is 0 Å². The van der Waals surface area contributed by atoms with Gasteiger partial charge in [-0.2, -0.15) is 0 Å². The van der Waals surface area contributed by atoms with Crippen molar-refractivity contribution in [1.29, 1.82) is 0 Å². The van der Waals surface area contributed by atoms with Crippen molar-refractivity contribution in [2.45, 2.75) is 64.0 Å². The molecule has 0 atom stereocenters. The summed E-state index contributed by atoms with van der Waals surface area (Å²) in [7, 11) is 0. The van der Waals surface area contributed by atoms with E-state index in [9.17, 15) is 4.39 Å². The number of hydrogen-bond acceptors (Lipinski definition) is 5. The lowest BCUT2D eigenvalue weighted by Gasteiger charge is -2.29. The lowest BCUT2D eigenvalue weighted by atomic mass is 9.86. The number of rotatable bonds is 7. The van der Waals surface area contributed by atoms with Crippen LogP contribution in [0.15, 0.2) is 43.3 Å². The number of nitrogens with one attached hydrogen (secondary N) is 3. The fraction of sp³-hybridized carbons (Fsp3) is 0.455. The second-order valence-electron chi connectivity index (χ2n) is 8.53. The highest BCUT2D eigenvalue weighted by molar-refractivity contribution is 7.95. The molecule has 0 spiro atoms. The summed E-state index contributed by atoms with van der Waals surface area (Å²) in [5.74, 6) is 0.833. The fourth-order valence-electron chi connectivity index (χ4n) is 3.44. The van der Waals surface area contributed by atoms with Crippen molar-refractivity contribution < 1.29 is 4.39 Å². The van der Waals surface area contributed by atoms with E-state index in [1.54, 1.807) is 24.3 Å². The van der Waals surface area contributed by atoms with Gasteiger partial charge in [-0.25, -0.2) is 23.8 Å². The number of aromatic amines is 1. The molecule has 0 radical (unpaired) electrons. The van der Waals surface area contributed by atoms with Crippen LogP contribution < -0.4 is 9.44 Å². The summed E-state index contributed by atoms with van der Waals surface area (Å²) >= 11 is 1.59. The third kappa shape index (κ3) is 5.78. The van der Waals surface area contributed by atoms with Crippen molar-refractivity contribution in [1.82, 2.24) is 24.4 Å². The first kappa shape index (κ1) is 21.7. The average Bonchev–Trinajstić information content (AvgIpc) is 3.08. The van der Waals surface area contributed by atoms with Gasteiger partial charge in [0.25, 0.3) is 0 Å². The van der Waals surface area contributed by atoms with E-state index in [-0.39, 0.29) is 5.54 Å². The van der Waals surface area contributed by atoms with Crippen LogP contribution >= 0.6 is 12.1 Å². The number of hydrogen-bond donors (Lipinski definition) is 3. The van der Waals surface area contributed by atoms with E-state index in [4.69, 9.17) is 4.98 Å². The van der Waals surface area contributed by atoms with E-state index in [0.29, 0.717) is 28.9 Å².